The Balaban J connectivity index is 0.00000450. The van der Waals surface area contributed by atoms with Gasteiger partial charge in [-0.25, -0.2) is 0 Å². The zero-order valence-corrected chi connectivity index (χ0v) is 21.6. The van der Waals surface area contributed by atoms with E-state index in [0.29, 0.717) is 12.2 Å². The fourth-order valence-corrected chi connectivity index (χ4v) is 3.95. The summed E-state index contributed by atoms with van der Waals surface area (Å²) in [7, 11) is 0. The monoisotopic (exact) mass is 476 g/mol. The summed E-state index contributed by atoms with van der Waals surface area (Å²) in [5.41, 5.74) is 1.39. The zero-order valence-electron chi connectivity index (χ0n) is 19.9. The van der Waals surface area contributed by atoms with Crippen LogP contribution in [-0.4, -0.2) is 50.0 Å². The first-order chi connectivity index (χ1) is 14.2. The van der Waals surface area contributed by atoms with Gasteiger partial charge in [0.15, 0.2) is 0 Å². The first-order valence-electron chi connectivity index (χ1n) is 12.0. The lowest BCUT2D eigenvalue weighted by atomic mass is 10.1. The average molecular weight is 478 g/mol. The zero-order chi connectivity index (χ0) is 20.7. The summed E-state index contributed by atoms with van der Waals surface area (Å²) in [5, 5.41) is 3.73. The van der Waals surface area contributed by atoms with Gasteiger partial charge in [0.25, 0.3) is 0 Å². The van der Waals surface area contributed by atoms with E-state index in [1.165, 1.54) is 50.5 Å². The highest BCUT2D eigenvalue weighted by atomic mass is 35.5. The lowest BCUT2D eigenvalue weighted by molar-refractivity contribution is 0.0107. The molecule has 2 unspecified atom stereocenters. The van der Waals surface area contributed by atoms with Crippen molar-refractivity contribution in [3.05, 3.63) is 29.8 Å². The molecule has 0 radical (unpaired) electrons. The number of hydrogen-bond donors (Lipinski definition) is 1. The number of nitrogens with one attached hydrogen (secondary N) is 1. The predicted molar refractivity (Wildman–Crippen MR) is 137 cm³/mol. The Hall–Kier alpha value is -0.520. The van der Waals surface area contributed by atoms with Crippen LogP contribution in [0.2, 0.25) is 0 Å². The third-order valence-corrected chi connectivity index (χ3v) is 5.93. The second kappa shape index (κ2) is 19.0. The average Bonchev–Trinajstić information content (AvgIpc) is 2.75. The van der Waals surface area contributed by atoms with Gasteiger partial charge in [0.05, 0.1) is 26.0 Å². The van der Waals surface area contributed by atoms with E-state index in [1.54, 1.807) is 0 Å². The van der Waals surface area contributed by atoms with Gasteiger partial charge in [0.1, 0.15) is 5.75 Å². The summed E-state index contributed by atoms with van der Waals surface area (Å²) >= 11 is 0. The van der Waals surface area contributed by atoms with Crippen molar-refractivity contribution in [2.75, 3.05) is 32.9 Å². The third-order valence-electron chi connectivity index (χ3n) is 5.93. The van der Waals surface area contributed by atoms with Crippen molar-refractivity contribution in [1.29, 1.82) is 0 Å². The van der Waals surface area contributed by atoms with Crippen molar-refractivity contribution in [2.45, 2.75) is 90.8 Å². The minimum absolute atomic E-state index is 0. The van der Waals surface area contributed by atoms with Crippen LogP contribution in [0.25, 0.3) is 0 Å². The molecule has 0 bridgehead atoms. The summed E-state index contributed by atoms with van der Waals surface area (Å²) < 4.78 is 11.4. The number of unbranched alkanes of at least 4 members (excludes halogenated alkanes) is 6. The SMILES string of the molecule is CCCCCCCCCOc1ccc(CCC(C)NC(C)N2CCOCC2)cc1.Cl.Cl. The second-order valence-corrected chi connectivity index (χ2v) is 8.54. The maximum absolute atomic E-state index is 5.91. The van der Waals surface area contributed by atoms with Crippen molar-refractivity contribution in [2.24, 2.45) is 0 Å². The molecule has 1 N–H and O–H groups in total. The summed E-state index contributed by atoms with van der Waals surface area (Å²) in [6.07, 6.45) is 11.9. The topological polar surface area (TPSA) is 33.7 Å². The third kappa shape index (κ3) is 13.6. The number of hydrogen-bond acceptors (Lipinski definition) is 4. The van der Waals surface area contributed by atoms with Crippen LogP contribution in [0.1, 0.15) is 77.7 Å². The van der Waals surface area contributed by atoms with Crippen LogP contribution in [-0.2, 0) is 11.2 Å². The second-order valence-electron chi connectivity index (χ2n) is 8.54. The van der Waals surface area contributed by atoms with Crippen molar-refractivity contribution in [3.63, 3.8) is 0 Å². The molecule has 0 spiro atoms. The highest BCUT2D eigenvalue weighted by Crippen LogP contribution is 2.15. The maximum atomic E-state index is 5.91. The molecule has 1 aliphatic rings. The molecular weight excluding hydrogens is 431 g/mol. The summed E-state index contributed by atoms with van der Waals surface area (Å²) in [6.45, 7) is 11.4. The minimum Gasteiger partial charge on any atom is -0.494 e. The predicted octanol–water partition coefficient (Wildman–Crippen LogP) is 6.25. The highest BCUT2D eigenvalue weighted by molar-refractivity contribution is 5.85. The molecule has 6 heteroatoms. The standard InChI is InChI=1S/C25H44N2O2.2ClH/c1-4-5-6-7-8-9-10-19-29-25-15-13-24(14-16-25)12-11-22(2)26-23(3)27-17-20-28-21-18-27;;/h13-16,22-23,26H,4-12,17-21H2,1-3H3;2*1H. The largest absolute Gasteiger partial charge is 0.494 e. The lowest BCUT2D eigenvalue weighted by Gasteiger charge is -2.34. The molecule has 2 rings (SSSR count). The van der Waals surface area contributed by atoms with Gasteiger partial charge in [-0.05, 0) is 50.8 Å². The number of nitrogens with zero attached hydrogens (tertiary/aromatic N) is 1. The first kappa shape index (κ1) is 30.5. The molecule has 0 amide bonds. The Kier molecular flexibility index (Phi) is 18.7. The van der Waals surface area contributed by atoms with Gasteiger partial charge >= 0.3 is 0 Å². The summed E-state index contributed by atoms with van der Waals surface area (Å²) in [6, 6.07) is 9.20. The molecule has 0 saturated carbocycles. The number of benzene rings is 1. The number of ether oxygens (including phenoxy) is 2. The van der Waals surface area contributed by atoms with E-state index in [1.807, 2.05) is 0 Å². The van der Waals surface area contributed by atoms with Gasteiger partial charge in [-0.3, -0.25) is 10.2 Å². The smallest absolute Gasteiger partial charge is 0.119 e. The van der Waals surface area contributed by atoms with Crippen LogP contribution in [0.4, 0.5) is 0 Å². The van der Waals surface area contributed by atoms with Gasteiger partial charge in [0.2, 0.25) is 0 Å². The Bertz CT molecular complexity index is 525. The molecule has 182 valence electrons. The molecule has 2 atom stereocenters. The van der Waals surface area contributed by atoms with Crippen molar-refractivity contribution in [1.82, 2.24) is 10.2 Å². The minimum atomic E-state index is 0. The molecule has 1 aromatic carbocycles. The van der Waals surface area contributed by atoms with Crippen LogP contribution < -0.4 is 10.1 Å². The van der Waals surface area contributed by atoms with E-state index >= 15 is 0 Å². The van der Waals surface area contributed by atoms with E-state index < -0.39 is 0 Å². The molecule has 1 saturated heterocycles. The van der Waals surface area contributed by atoms with Crippen LogP contribution >= 0.6 is 24.8 Å². The van der Waals surface area contributed by atoms with E-state index in [0.717, 1.165) is 51.5 Å². The lowest BCUT2D eigenvalue weighted by Crippen LogP contribution is -2.51. The van der Waals surface area contributed by atoms with Crippen LogP contribution in [0.5, 0.6) is 5.75 Å². The van der Waals surface area contributed by atoms with E-state index in [4.69, 9.17) is 9.47 Å². The Morgan fingerprint density at radius 2 is 1.55 bits per heavy atom. The quantitative estimate of drug-likeness (QED) is 0.303. The van der Waals surface area contributed by atoms with E-state index in [9.17, 15) is 0 Å². The van der Waals surface area contributed by atoms with Gasteiger partial charge in [-0.15, -0.1) is 24.8 Å². The Morgan fingerprint density at radius 3 is 2.19 bits per heavy atom. The van der Waals surface area contributed by atoms with E-state index in [-0.39, 0.29) is 24.8 Å². The van der Waals surface area contributed by atoms with Gasteiger partial charge in [-0.1, -0.05) is 57.6 Å². The van der Waals surface area contributed by atoms with Crippen LogP contribution in [0.15, 0.2) is 24.3 Å². The molecule has 31 heavy (non-hydrogen) atoms. The molecule has 4 nitrogen and oxygen atoms in total. The normalized spacial score (nSPS) is 16.1. The van der Waals surface area contributed by atoms with E-state index in [2.05, 4.69) is 55.3 Å². The maximum Gasteiger partial charge on any atom is 0.119 e. The molecule has 1 fully saturated rings. The Morgan fingerprint density at radius 1 is 0.935 bits per heavy atom. The fraction of sp³-hybridized carbons (Fsp3) is 0.760. The number of halogens is 2. The van der Waals surface area contributed by atoms with Crippen molar-refractivity contribution < 1.29 is 9.47 Å². The summed E-state index contributed by atoms with van der Waals surface area (Å²) in [4.78, 5) is 2.47. The molecule has 0 aliphatic carbocycles. The Labute approximate surface area is 203 Å². The first-order valence-corrected chi connectivity index (χ1v) is 12.0. The van der Waals surface area contributed by atoms with Crippen LogP contribution in [0, 0.1) is 0 Å². The number of morpholine rings is 1. The molecule has 1 heterocycles. The molecule has 1 aromatic rings. The summed E-state index contributed by atoms with van der Waals surface area (Å²) in [5.74, 6) is 1.01. The highest BCUT2D eigenvalue weighted by Gasteiger charge is 2.18. The van der Waals surface area contributed by atoms with Gasteiger partial charge < -0.3 is 9.47 Å². The molecular formula is C25H46Cl2N2O2. The van der Waals surface area contributed by atoms with Crippen molar-refractivity contribution >= 4 is 24.8 Å². The van der Waals surface area contributed by atoms with Gasteiger partial charge in [-0.2, -0.15) is 0 Å². The number of aryl methyl sites for hydroxylation is 1. The number of rotatable bonds is 15. The van der Waals surface area contributed by atoms with Crippen molar-refractivity contribution in [3.8, 4) is 5.75 Å². The van der Waals surface area contributed by atoms with Gasteiger partial charge in [0, 0.05) is 19.1 Å². The fourth-order valence-electron chi connectivity index (χ4n) is 3.95. The molecule has 0 aromatic heterocycles. The molecule has 1 aliphatic heterocycles. The van der Waals surface area contributed by atoms with Crippen LogP contribution in [0.3, 0.4) is 0 Å².